The molecule has 144 valence electrons. The summed E-state index contributed by atoms with van der Waals surface area (Å²) in [4.78, 5) is 25.4. The molecule has 0 aliphatic carbocycles. The number of amides is 1. The zero-order valence-electron chi connectivity index (χ0n) is 15.4. The van der Waals surface area contributed by atoms with Crippen molar-refractivity contribution in [3.8, 4) is 11.5 Å². The van der Waals surface area contributed by atoms with Crippen molar-refractivity contribution in [3.05, 3.63) is 72.2 Å². The van der Waals surface area contributed by atoms with Gasteiger partial charge in [0.15, 0.2) is 23.0 Å². The molecule has 1 heterocycles. The predicted octanol–water partition coefficient (Wildman–Crippen LogP) is 4.52. The summed E-state index contributed by atoms with van der Waals surface area (Å²) in [5, 5.41) is 2.77. The standard InChI is InChI=1S/C21H19NO5S/c1-25-18-9-8-14(11-20(18)26-2)17(23)13-28-16-6-3-5-15(12-16)22-21(24)19-7-4-10-27-19/h3-12H,13H2,1-2H3,(H,22,24). The van der Waals surface area contributed by atoms with Crippen molar-refractivity contribution >= 4 is 29.1 Å². The number of benzene rings is 2. The fraction of sp³-hybridized carbons (Fsp3) is 0.143. The van der Waals surface area contributed by atoms with Crippen LogP contribution >= 0.6 is 11.8 Å². The molecular formula is C21H19NO5S. The normalized spacial score (nSPS) is 10.4. The summed E-state index contributed by atoms with van der Waals surface area (Å²) >= 11 is 1.39. The highest BCUT2D eigenvalue weighted by molar-refractivity contribution is 8.00. The Morgan fingerprint density at radius 2 is 1.82 bits per heavy atom. The van der Waals surface area contributed by atoms with Gasteiger partial charge >= 0.3 is 0 Å². The maximum atomic E-state index is 12.5. The minimum absolute atomic E-state index is 0.0315. The first-order valence-corrected chi connectivity index (χ1v) is 9.42. The molecule has 0 aliphatic rings. The van der Waals surface area contributed by atoms with E-state index >= 15 is 0 Å². The first-order chi connectivity index (χ1) is 13.6. The molecule has 0 unspecified atom stereocenters. The molecule has 0 atom stereocenters. The van der Waals surface area contributed by atoms with E-state index < -0.39 is 0 Å². The molecule has 0 radical (unpaired) electrons. The van der Waals surface area contributed by atoms with Crippen LogP contribution in [0.4, 0.5) is 5.69 Å². The number of carbonyl (C=O) groups is 2. The summed E-state index contributed by atoms with van der Waals surface area (Å²) in [6.07, 6.45) is 1.45. The maximum Gasteiger partial charge on any atom is 0.291 e. The largest absolute Gasteiger partial charge is 0.493 e. The second-order valence-corrected chi connectivity index (χ2v) is 6.79. The Bertz CT molecular complexity index is 969. The van der Waals surface area contributed by atoms with Crippen LogP contribution in [0, 0.1) is 0 Å². The Morgan fingerprint density at radius 3 is 2.54 bits per heavy atom. The van der Waals surface area contributed by atoms with Crippen LogP contribution in [0.25, 0.3) is 0 Å². The van der Waals surface area contributed by atoms with E-state index in [0.717, 1.165) is 4.90 Å². The topological polar surface area (TPSA) is 77.8 Å². The van der Waals surface area contributed by atoms with Crippen LogP contribution in [-0.4, -0.2) is 31.7 Å². The maximum absolute atomic E-state index is 12.5. The van der Waals surface area contributed by atoms with Crippen molar-refractivity contribution in [1.29, 1.82) is 0 Å². The van der Waals surface area contributed by atoms with E-state index in [-0.39, 0.29) is 23.2 Å². The number of thioether (sulfide) groups is 1. The molecule has 28 heavy (non-hydrogen) atoms. The van der Waals surface area contributed by atoms with Gasteiger partial charge in [0.25, 0.3) is 5.91 Å². The fourth-order valence-electron chi connectivity index (χ4n) is 2.51. The average Bonchev–Trinajstić information content (AvgIpc) is 3.27. The molecule has 3 rings (SSSR count). The first-order valence-electron chi connectivity index (χ1n) is 8.43. The highest BCUT2D eigenvalue weighted by atomic mass is 32.2. The van der Waals surface area contributed by atoms with Crippen LogP contribution in [0.15, 0.2) is 70.2 Å². The third kappa shape index (κ3) is 4.75. The van der Waals surface area contributed by atoms with Crippen LogP contribution in [0.1, 0.15) is 20.9 Å². The zero-order chi connectivity index (χ0) is 19.9. The molecule has 3 aromatic rings. The van der Waals surface area contributed by atoms with E-state index in [4.69, 9.17) is 13.9 Å². The van der Waals surface area contributed by atoms with Crippen molar-refractivity contribution < 1.29 is 23.5 Å². The van der Waals surface area contributed by atoms with Crippen LogP contribution in [0.3, 0.4) is 0 Å². The molecule has 0 aliphatic heterocycles. The summed E-state index contributed by atoms with van der Waals surface area (Å²) in [6, 6.07) is 15.6. The van der Waals surface area contributed by atoms with Crippen LogP contribution in [0.5, 0.6) is 11.5 Å². The molecule has 6 nitrogen and oxygen atoms in total. The number of rotatable bonds is 8. The SMILES string of the molecule is COc1ccc(C(=O)CSc2cccc(NC(=O)c3ccco3)c2)cc1OC. The Morgan fingerprint density at radius 1 is 1.00 bits per heavy atom. The highest BCUT2D eigenvalue weighted by Gasteiger charge is 2.12. The van der Waals surface area contributed by atoms with E-state index in [2.05, 4.69) is 5.32 Å². The van der Waals surface area contributed by atoms with Crippen molar-refractivity contribution in [2.24, 2.45) is 0 Å². The minimum Gasteiger partial charge on any atom is -0.493 e. The number of anilines is 1. The number of hydrogen-bond donors (Lipinski definition) is 1. The number of furan rings is 1. The molecule has 0 saturated carbocycles. The number of ketones is 1. The minimum atomic E-state index is -0.325. The van der Waals surface area contributed by atoms with Gasteiger partial charge in [-0.3, -0.25) is 9.59 Å². The number of hydrogen-bond acceptors (Lipinski definition) is 6. The van der Waals surface area contributed by atoms with Gasteiger partial charge in [-0.15, -0.1) is 11.8 Å². The van der Waals surface area contributed by atoms with E-state index in [0.29, 0.717) is 22.7 Å². The third-order valence-electron chi connectivity index (χ3n) is 3.91. The lowest BCUT2D eigenvalue weighted by molar-refractivity contribution is 0.0994. The van der Waals surface area contributed by atoms with Gasteiger partial charge < -0.3 is 19.2 Å². The van der Waals surface area contributed by atoms with Gasteiger partial charge in [0, 0.05) is 16.1 Å². The van der Waals surface area contributed by atoms with Crippen LogP contribution in [-0.2, 0) is 0 Å². The van der Waals surface area contributed by atoms with Crippen LogP contribution in [0.2, 0.25) is 0 Å². The summed E-state index contributed by atoms with van der Waals surface area (Å²) in [6.45, 7) is 0. The number of Topliss-reactive ketones (excluding diaryl/α,β-unsaturated/α-hetero) is 1. The number of methoxy groups -OCH3 is 2. The highest BCUT2D eigenvalue weighted by Crippen LogP contribution is 2.29. The molecule has 1 aromatic heterocycles. The number of carbonyl (C=O) groups excluding carboxylic acids is 2. The van der Waals surface area contributed by atoms with Gasteiger partial charge in [0.2, 0.25) is 0 Å². The summed E-state index contributed by atoms with van der Waals surface area (Å²) in [7, 11) is 3.08. The average molecular weight is 397 g/mol. The lowest BCUT2D eigenvalue weighted by atomic mass is 10.1. The molecule has 2 aromatic carbocycles. The van der Waals surface area contributed by atoms with Gasteiger partial charge in [0.05, 0.1) is 26.2 Å². The zero-order valence-corrected chi connectivity index (χ0v) is 16.2. The van der Waals surface area contributed by atoms with Crippen molar-refractivity contribution in [3.63, 3.8) is 0 Å². The molecule has 7 heteroatoms. The quantitative estimate of drug-likeness (QED) is 0.445. The molecule has 0 spiro atoms. The Hall–Kier alpha value is -3.19. The lowest BCUT2D eigenvalue weighted by Gasteiger charge is -2.09. The van der Waals surface area contributed by atoms with Crippen molar-refractivity contribution in [1.82, 2.24) is 0 Å². The van der Waals surface area contributed by atoms with Gasteiger partial charge in [-0.05, 0) is 48.5 Å². The van der Waals surface area contributed by atoms with Crippen molar-refractivity contribution in [2.75, 3.05) is 25.3 Å². The summed E-state index contributed by atoms with van der Waals surface area (Å²) in [5.74, 6) is 1.23. The second-order valence-electron chi connectivity index (χ2n) is 5.74. The Balaban J connectivity index is 1.63. The Kier molecular flexibility index (Phi) is 6.39. The van der Waals surface area contributed by atoms with Gasteiger partial charge in [-0.1, -0.05) is 6.07 Å². The molecule has 0 fully saturated rings. The van der Waals surface area contributed by atoms with Gasteiger partial charge in [0.1, 0.15) is 0 Å². The van der Waals surface area contributed by atoms with E-state index in [9.17, 15) is 9.59 Å². The second kappa shape index (κ2) is 9.14. The number of nitrogens with one attached hydrogen (secondary N) is 1. The smallest absolute Gasteiger partial charge is 0.291 e. The first kappa shape index (κ1) is 19.6. The van der Waals surface area contributed by atoms with Crippen molar-refractivity contribution in [2.45, 2.75) is 4.90 Å². The molecule has 0 bridgehead atoms. The van der Waals surface area contributed by atoms with E-state index in [1.165, 1.54) is 25.1 Å². The van der Waals surface area contributed by atoms with Gasteiger partial charge in [-0.25, -0.2) is 0 Å². The number of ether oxygens (including phenoxy) is 2. The fourth-order valence-corrected chi connectivity index (χ4v) is 3.36. The third-order valence-corrected chi connectivity index (χ3v) is 4.91. The van der Waals surface area contributed by atoms with Crippen LogP contribution < -0.4 is 14.8 Å². The summed E-state index contributed by atoms with van der Waals surface area (Å²) < 4.78 is 15.5. The molecule has 1 N–H and O–H groups in total. The van der Waals surface area contributed by atoms with Gasteiger partial charge in [-0.2, -0.15) is 0 Å². The van der Waals surface area contributed by atoms with E-state index in [1.807, 2.05) is 18.2 Å². The summed E-state index contributed by atoms with van der Waals surface area (Å²) in [5.41, 5.74) is 1.18. The molecule has 0 saturated heterocycles. The monoisotopic (exact) mass is 397 g/mol. The lowest BCUT2D eigenvalue weighted by Crippen LogP contribution is -2.10. The molecular weight excluding hydrogens is 378 g/mol. The van der Waals surface area contributed by atoms with E-state index in [1.54, 1.807) is 43.5 Å². The molecule has 1 amide bonds. The Labute approximate surface area is 166 Å². The predicted molar refractivity (Wildman–Crippen MR) is 108 cm³/mol.